The maximum atomic E-state index is 11.8. The van der Waals surface area contributed by atoms with Gasteiger partial charge in [-0.1, -0.05) is 0 Å². The molecule has 0 spiro atoms. The Balaban J connectivity index is 2.21. The number of anilines is 1. The van der Waals surface area contributed by atoms with E-state index < -0.39 is 9.84 Å². The zero-order valence-electron chi connectivity index (χ0n) is 9.89. The topological polar surface area (TPSA) is 81.1 Å². The molecule has 2 heterocycles. The van der Waals surface area contributed by atoms with Gasteiger partial charge < -0.3 is 5.32 Å². The standard InChI is InChI=1S/C10H14BrN3O3S/c1-2-14-10(15)9(11)8(5-12-14)13-7-3-4-18(16,17)6-7/h5,7,13H,2-4,6H2,1H3. The van der Waals surface area contributed by atoms with E-state index in [2.05, 4.69) is 26.3 Å². The Morgan fingerprint density at radius 3 is 2.89 bits per heavy atom. The summed E-state index contributed by atoms with van der Waals surface area (Å²) in [5.74, 6) is 0.304. The first kappa shape index (κ1) is 13.5. The van der Waals surface area contributed by atoms with Crippen LogP contribution in [-0.4, -0.2) is 35.7 Å². The third kappa shape index (κ3) is 2.74. The second kappa shape index (κ2) is 5.00. The monoisotopic (exact) mass is 335 g/mol. The molecule has 1 aromatic heterocycles. The van der Waals surface area contributed by atoms with Crippen molar-refractivity contribution in [2.24, 2.45) is 0 Å². The lowest BCUT2D eigenvalue weighted by Gasteiger charge is -2.13. The van der Waals surface area contributed by atoms with Crippen LogP contribution in [0.4, 0.5) is 5.69 Å². The second-order valence-electron chi connectivity index (χ2n) is 4.24. The quantitative estimate of drug-likeness (QED) is 0.875. The van der Waals surface area contributed by atoms with Crippen LogP contribution in [0, 0.1) is 0 Å². The molecule has 1 atom stereocenters. The van der Waals surface area contributed by atoms with E-state index in [4.69, 9.17) is 0 Å². The molecule has 8 heteroatoms. The van der Waals surface area contributed by atoms with Gasteiger partial charge in [-0.15, -0.1) is 0 Å². The van der Waals surface area contributed by atoms with Crippen LogP contribution in [0.25, 0.3) is 0 Å². The van der Waals surface area contributed by atoms with Crippen LogP contribution in [0.1, 0.15) is 13.3 Å². The van der Waals surface area contributed by atoms with Gasteiger partial charge in [0.05, 0.1) is 23.4 Å². The first-order valence-corrected chi connectivity index (χ1v) is 8.27. The maximum absolute atomic E-state index is 11.8. The van der Waals surface area contributed by atoms with Crippen LogP contribution in [0.2, 0.25) is 0 Å². The zero-order valence-corrected chi connectivity index (χ0v) is 12.3. The van der Waals surface area contributed by atoms with Gasteiger partial charge in [-0.2, -0.15) is 5.10 Å². The minimum absolute atomic E-state index is 0.107. The average Bonchev–Trinajstić information content (AvgIpc) is 2.65. The molecule has 1 aliphatic rings. The van der Waals surface area contributed by atoms with Crippen molar-refractivity contribution in [2.45, 2.75) is 25.9 Å². The van der Waals surface area contributed by atoms with Gasteiger partial charge in [-0.25, -0.2) is 13.1 Å². The Morgan fingerprint density at radius 2 is 2.33 bits per heavy atom. The molecule has 1 unspecified atom stereocenters. The number of aromatic nitrogens is 2. The van der Waals surface area contributed by atoms with Crippen molar-refractivity contribution >= 4 is 31.5 Å². The summed E-state index contributed by atoms with van der Waals surface area (Å²) in [5, 5.41) is 7.05. The Morgan fingerprint density at radius 1 is 1.61 bits per heavy atom. The van der Waals surface area contributed by atoms with E-state index in [1.807, 2.05) is 6.92 Å². The summed E-state index contributed by atoms with van der Waals surface area (Å²) in [7, 11) is -2.93. The molecule has 6 nitrogen and oxygen atoms in total. The lowest BCUT2D eigenvalue weighted by atomic mass is 10.2. The fourth-order valence-electron chi connectivity index (χ4n) is 1.92. The molecule has 2 rings (SSSR count). The van der Waals surface area contributed by atoms with E-state index in [1.165, 1.54) is 4.68 Å². The lowest BCUT2D eigenvalue weighted by molar-refractivity contribution is 0.601. The maximum Gasteiger partial charge on any atom is 0.283 e. The Hall–Kier alpha value is -0.890. The molecular formula is C10H14BrN3O3S. The van der Waals surface area contributed by atoms with Crippen molar-refractivity contribution in [3.05, 3.63) is 21.0 Å². The van der Waals surface area contributed by atoms with Crippen LogP contribution in [0.15, 0.2) is 15.5 Å². The number of halogens is 1. The number of aryl methyl sites for hydroxylation is 1. The molecule has 0 bridgehead atoms. The lowest BCUT2D eigenvalue weighted by Crippen LogP contribution is -2.27. The Bertz CT molecular complexity index is 611. The van der Waals surface area contributed by atoms with Crippen LogP contribution < -0.4 is 10.9 Å². The number of nitrogens with one attached hydrogen (secondary N) is 1. The highest BCUT2D eigenvalue weighted by Gasteiger charge is 2.28. The smallest absolute Gasteiger partial charge is 0.283 e. The van der Waals surface area contributed by atoms with Crippen molar-refractivity contribution in [1.29, 1.82) is 0 Å². The minimum atomic E-state index is -2.93. The summed E-state index contributed by atoms with van der Waals surface area (Å²) in [5.41, 5.74) is 0.329. The summed E-state index contributed by atoms with van der Waals surface area (Å²) in [6.45, 7) is 2.33. The van der Waals surface area contributed by atoms with E-state index in [0.717, 1.165) is 0 Å². The first-order chi connectivity index (χ1) is 8.43. The molecule has 0 radical (unpaired) electrons. The number of sulfone groups is 1. The van der Waals surface area contributed by atoms with E-state index in [-0.39, 0.29) is 23.1 Å². The van der Waals surface area contributed by atoms with E-state index in [9.17, 15) is 13.2 Å². The highest BCUT2D eigenvalue weighted by Crippen LogP contribution is 2.21. The summed E-state index contributed by atoms with van der Waals surface area (Å²) in [4.78, 5) is 11.8. The fourth-order valence-corrected chi connectivity index (χ4v) is 4.01. The zero-order chi connectivity index (χ0) is 13.3. The van der Waals surface area contributed by atoms with Gasteiger partial charge in [0.15, 0.2) is 9.84 Å². The van der Waals surface area contributed by atoms with Gasteiger partial charge in [0.25, 0.3) is 5.56 Å². The molecule has 1 aliphatic heterocycles. The third-order valence-electron chi connectivity index (χ3n) is 2.88. The fraction of sp³-hybridized carbons (Fsp3) is 0.600. The number of nitrogens with zero attached hydrogens (tertiary/aromatic N) is 2. The molecular weight excluding hydrogens is 322 g/mol. The van der Waals surface area contributed by atoms with Crippen LogP contribution in [-0.2, 0) is 16.4 Å². The van der Waals surface area contributed by atoms with E-state index in [0.29, 0.717) is 23.1 Å². The first-order valence-electron chi connectivity index (χ1n) is 5.65. The molecule has 0 amide bonds. The Labute approximate surface area is 113 Å². The second-order valence-corrected chi connectivity index (χ2v) is 7.26. The number of hydrogen-bond acceptors (Lipinski definition) is 5. The van der Waals surface area contributed by atoms with Gasteiger partial charge >= 0.3 is 0 Å². The van der Waals surface area contributed by atoms with Crippen LogP contribution >= 0.6 is 15.9 Å². The van der Waals surface area contributed by atoms with E-state index in [1.54, 1.807) is 6.20 Å². The van der Waals surface area contributed by atoms with Crippen molar-refractivity contribution in [3.8, 4) is 0 Å². The predicted octanol–water partition coefficient (Wildman–Crippen LogP) is 0.625. The molecule has 18 heavy (non-hydrogen) atoms. The SMILES string of the molecule is CCn1ncc(NC2CCS(=O)(=O)C2)c(Br)c1=O. The van der Waals surface area contributed by atoms with Crippen LogP contribution in [0.5, 0.6) is 0 Å². The molecule has 0 aliphatic carbocycles. The summed E-state index contributed by atoms with van der Waals surface area (Å²) in [6, 6.07) is -0.148. The van der Waals surface area contributed by atoms with Gasteiger partial charge in [0.2, 0.25) is 0 Å². The minimum Gasteiger partial charge on any atom is -0.379 e. The van der Waals surface area contributed by atoms with Crippen molar-refractivity contribution in [1.82, 2.24) is 9.78 Å². The van der Waals surface area contributed by atoms with Crippen molar-refractivity contribution < 1.29 is 8.42 Å². The van der Waals surface area contributed by atoms with E-state index >= 15 is 0 Å². The highest BCUT2D eigenvalue weighted by molar-refractivity contribution is 9.10. The van der Waals surface area contributed by atoms with Crippen molar-refractivity contribution in [3.63, 3.8) is 0 Å². The average molecular weight is 336 g/mol. The molecule has 0 aromatic carbocycles. The number of rotatable bonds is 3. The van der Waals surface area contributed by atoms with Crippen LogP contribution in [0.3, 0.4) is 0 Å². The highest BCUT2D eigenvalue weighted by atomic mass is 79.9. The molecule has 0 saturated carbocycles. The van der Waals surface area contributed by atoms with Crippen molar-refractivity contribution in [2.75, 3.05) is 16.8 Å². The molecule has 1 aromatic rings. The molecule has 100 valence electrons. The normalized spacial score (nSPS) is 22.0. The predicted molar refractivity (Wildman–Crippen MR) is 72.6 cm³/mol. The Kier molecular flexibility index (Phi) is 3.76. The summed E-state index contributed by atoms with van der Waals surface area (Å²) < 4.78 is 24.4. The molecule has 1 N–H and O–H groups in total. The van der Waals surface area contributed by atoms with Gasteiger partial charge in [-0.05, 0) is 29.3 Å². The largest absolute Gasteiger partial charge is 0.379 e. The van der Waals surface area contributed by atoms with Gasteiger partial charge in [0.1, 0.15) is 4.47 Å². The third-order valence-corrected chi connectivity index (χ3v) is 5.41. The molecule has 1 saturated heterocycles. The van der Waals surface area contributed by atoms with Gasteiger partial charge in [0, 0.05) is 12.6 Å². The summed E-state index contributed by atoms with van der Waals surface area (Å²) in [6.07, 6.45) is 2.10. The van der Waals surface area contributed by atoms with Gasteiger partial charge in [-0.3, -0.25) is 4.79 Å². The number of hydrogen-bond donors (Lipinski definition) is 1. The summed E-state index contributed by atoms with van der Waals surface area (Å²) >= 11 is 3.22. The molecule has 1 fully saturated rings.